The average molecular weight is 693 g/mol. The highest BCUT2D eigenvalue weighted by molar-refractivity contribution is 9.12. The molecule has 1 saturated heterocycles. The molecule has 2 aromatic rings. The summed E-state index contributed by atoms with van der Waals surface area (Å²) < 4.78 is 45.6. The molecule has 1 fully saturated rings. The molecule has 44 heavy (non-hydrogen) atoms. The number of anilines is 1. The van der Waals surface area contributed by atoms with Crippen LogP contribution in [0.3, 0.4) is 0 Å². The number of imide groups is 1. The summed E-state index contributed by atoms with van der Waals surface area (Å²) in [7, 11) is 2.59. The van der Waals surface area contributed by atoms with Crippen LogP contribution in [0.25, 0.3) is 0 Å². The molecule has 1 aliphatic heterocycles. The molecule has 1 aromatic heterocycles. The van der Waals surface area contributed by atoms with Gasteiger partial charge in [0.25, 0.3) is 11.8 Å². The SMILES string of the molecule is COc1cccc(C2C3=CCC4C(=O)N(N(C)c5nc(C(F)(F)F)ccc5Cl)C(=O)C4C3CC3=C2C(=O)C=C(Br)C3=O)c1O. The van der Waals surface area contributed by atoms with Gasteiger partial charge in [-0.15, -0.1) is 0 Å². The highest BCUT2D eigenvalue weighted by Gasteiger charge is 2.58. The van der Waals surface area contributed by atoms with Gasteiger partial charge in [-0.25, -0.2) is 4.98 Å². The van der Waals surface area contributed by atoms with Gasteiger partial charge < -0.3 is 9.84 Å². The molecule has 0 spiro atoms. The molecular weight excluding hydrogens is 671 g/mol. The lowest BCUT2D eigenvalue weighted by Gasteiger charge is -2.42. The Morgan fingerprint density at radius 2 is 1.84 bits per heavy atom. The lowest BCUT2D eigenvalue weighted by atomic mass is 9.59. The van der Waals surface area contributed by atoms with Gasteiger partial charge in [-0.3, -0.25) is 24.2 Å². The third-order valence-electron chi connectivity index (χ3n) is 8.59. The van der Waals surface area contributed by atoms with Crippen LogP contribution in [0.15, 0.2) is 63.7 Å². The Bertz CT molecular complexity index is 1770. The van der Waals surface area contributed by atoms with Gasteiger partial charge in [-0.2, -0.15) is 18.2 Å². The molecule has 2 heterocycles. The Kier molecular flexibility index (Phi) is 7.23. The molecule has 0 saturated carbocycles. The number of carbonyl (C=O) groups excluding carboxylic acids is 4. The third-order valence-corrected chi connectivity index (χ3v) is 9.48. The number of para-hydroxylation sites is 1. The standard InChI is InChI=1S/C30H22BrClF3N3O6/c1-37(27-18(32)8-9-21(36-27)30(33,34)35)38-28(42)14-7-6-12-15(23(14)29(38)43)10-16-24(19(39)11-17(31)25(16)40)22(12)13-4-3-5-20(44-2)26(13)41/h3-6,8-9,11,14-15,22-23,41H,7,10H2,1-2H3. The molecule has 3 aliphatic carbocycles. The van der Waals surface area contributed by atoms with Crippen LogP contribution in [-0.4, -0.2) is 52.6 Å². The molecule has 4 atom stereocenters. The number of halogens is 5. The van der Waals surface area contributed by atoms with Crippen LogP contribution in [0.2, 0.25) is 5.02 Å². The number of rotatable bonds is 4. The van der Waals surface area contributed by atoms with E-state index in [1.54, 1.807) is 18.2 Å². The van der Waals surface area contributed by atoms with Crippen molar-refractivity contribution < 1.29 is 42.2 Å². The molecule has 4 aliphatic rings. The van der Waals surface area contributed by atoms with Crippen molar-refractivity contribution in [2.24, 2.45) is 17.8 Å². The second kappa shape index (κ2) is 10.6. The highest BCUT2D eigenvalue weighted by atomic mass is 79.9. The van der Waals surface area contributed by atoms with E-state index in [2.05, 4.69) is 20.9 Å². The van der Waals surface area contributed by atoms with Gasteiger partial charge in [-0.1, -0.05) is 35.4 Å². The molecule has 228 valence electrons. The number of amides is 2. The first-order valence-corrected chi connectivity index (χ1v) is 14.5. The Morgan fingerprint density at radius 1 is 1.11 bits per heavy atom. The van der Waals surface area contributed by atoms with Gasteiger partial charge in [0.05, 0.1) is 28.5 Å². The quantitative estimate of drug-likeness (QED) is 0.262. The number of phenolic OH excluding ortho intramolecular Hbond substituents is 1. The van der Waals surface area contributed by atoms with E-state index in [1.165, 1.54) is 26.3 Å². The summed E-state index contributed by atoms with van der Waals surface area (Å²) in [6.45, 7) is 0. The molecule has 1 N–H and O–H groups in total. The number of aromatic hydroxyl groups is 1. The van der Waals surface area contributed by atoms with Crippen molar-refractivity contribution >= 4 is 56.7 Å². The fourth-order valence-corrected chi connectivity index (χ4v) is 7.36. The number of hydrogen-bond acceptors (Lipinski definition) is 8. The zero-order valence-electron chi connectivity index (χ0n) is 23.0. The molecule has 9 nitrogen and oxygen atoms in total. The molecule has 6 rings (SSSR count). The topological polar surface area (TPSA) is 117 Å². The number of alkyl halides is 3. The van der Waals surface area contributed by atoms with E-state index >= 15 is 0 Å². The van der Waals surface area contributed by atoms with Crippen LogP contribution in [0, 0.1) is 17.8 Å². The summed E-state index contributed by atoms with van der Waals surface area (Å²) in [6.07, 6.45) is -1.86. The number of hydrazine groups is 1. The van der Waals surface area contributed by atoms with Crippen molar-refractivity contribution in [1.29, 1.82) is 0 Å². The zero-order valence-corrected chi connectivity index (χ0v) is 25.3. The summed E-state index contributed by atoms with van der Waals surface area (Å²) in [4.78, 5) is 58.2. The summed E-state index contributed by atoms with van der Waals surface area (Å²) >= 11 is 9.33. The summed E-state index contributed by atoms with van der Waals surface area (Å²) in [5.41, 5.74) is -0.0926. The molecule has 2 amide bonds. The lowest BCUT2D eigenvalue weighted by Crippen LogP contribution is -2.46. The minimum absolute atomic E-state index is 0.0371. The number of aromatic nitrogens is 1. The van der Waals surface area contributed by atoms with Crippen LogP contribution in [0.4, 0.5) is 19.0 Å². The van der Waals surface area contributed by atoms with E-state index in [1.807, 2.05) is 0 Å². The fraction of sp³-hybridized carbons (Fsp3) is 0.300. The van der Waals surface area contributed by atoms with E-state index in [-0.39, 0.29) is 50.6 Å². The van der Waals surface area contributed by atoms with Gasteiger partial charge >= 0.3 is 6.18 Å². The van der Waals surface area contributed by atoms with Crippen LogP contribution in [0.5, 0.6) is 11.5 Å². The van der Waals surface area contributed by atoms with E-state index in [0.29, 0.717) is 11.6 Å². The van der Waals surface area contributed by atoms with Gasteiger partial charge in [-0.05, 0) is 52.9 Å². The van der Waals surface area contributed by atoms with Gasteiger partial charge in [0, 0.05) is 35.8 Å². The number of Topliss-reactive ketones (excluding diaryl/α,β-unsaturated/α-hetero) is 1. The average Bonchev–Trinajstić information content (AvgIpc) is 3.23. The smallest absolute Gasteiger partial charge is 0.433 e. The first-order chi connectivity index (χ1) is 20.8. The summed E-state index contributed by atoms with van der Waals surface area (Å²) in [5, 5.41) is 12.6. The maximum absolute atomic E-state index is 14.1. The summed E-state index contributed by atoms with van der Waals surface area (Å²) in [5.74, 6) is -6.44. The van der Waals surface area contributed by atoms with Gasteiger partial charge in [0.1, 0.15) is 5.69 Å². The van der Waals surface area contributed by atoms with Crippen LogP contribution in [0.1, 0.15) is 30.0 Å². The van der Waals surface area contributed by atoms with Crippen molar-refractivity contribution in [2.45, 2.75) is 24.9 Å². The number of ketones is 2. The van der Waals surface area contributed by atoms with Crippen molar-refractivity contribution in [3.8, 4) is 11.5 Å². The molecular formula is C30H22BrClF3N3O6. The monoisotopic (exact) mass is 691 g/mol. The Hall–Kier alpha value is -3.97. The minimum atomic E-state index is -4.80. The Balaban J connectivity index is 1.45. The number of allylic oxidation sites excluding steroid dienone is 6. The van der Waals surface area contributed by atoms with E-state index in [4.69, 9.17) is 16.3 Å². The molecule has 0 radical (unpaired) electrons. The first-order valence-electron chi connectivity index (χ1n) is 13.4. The third kappa shape index (κ3) is 4.47. The fourth-order valence-electron chi connectivity index (χ4n) is 6.69. The van der Waals surface area contributed by atoms with E-state index in [0.717, 1.165) is 16.1 Å². The number of ether oxygens (including phenoxy) is 1. The predicted molar refractivity (Wildman–Crippen MR) is 154 cm³/mol. The van der Waals surface area contributed by atoms with Crippen LogP contribution < -0.4 is 9.75 Å². The maximum atomic E-state index is 14.1. The second-order valence-electron chi connectivity index (χ2n) is 10.8. The van der Waals surface area contributed by atoms with Crippen molar-refractivity contribution in [2.75, 3.05) is 19.2 Å². The molecule has 4 unspecified atom stereocenters. The minimum Gasteiger partial charge on any atom is -0.504 e. The van der Waals surface area contributed by atoms with Gasteiger partial charge in [0.2, 0.25) is 0 Å². The molecule has 0 bridgehead atoms. The number of carbonyl (C=O) groups is 4. The number of nitrogens with zero attached hydrogens (tertiary/aromatic N) is 3. The van der Waals surface area contributed by atoms with Crippen molar-refractivity contribution in [3.05, 3.63) is 80.0 Å². The van der Waals surface area contributed by atoms with Crippen LogP contribution in [-0.2, 0) is 25.4 Å². The highest BCUT2D eigenvalue weighted by Crippen LogP contribution is 2.57. The normalized spacial score (nSPS) is 24.9. The number of hydrogen-bond donors (Lipinski definition) is 1. The summed E-state index contributed by atoms with van der Waals surface area (Å²) in [6, 6.07) is 6.43. The number of benzene rings is 1. The van der Waals surface area contributed by atoms with E-state index in [9.17, 15) is 37.5 Å². The number of methoxy groups -OCH3 is 1. The number of phenols is 1. The van der Waals surface area contributed by atoms with Crippen LogP contribution >= 0.6 is 27.5 Å². The number of pyridine rings is 1. The Labute approximate surface area is 261 Å². The van der Waals surface area contributed by atoms with Crippen molar-refractivity contribution in [3.63, 3.8) is 0 Å². The number of fused-ring (bicyclic) bond motifs is 3. The largest absolute Gasteiger partial charge is 0.504 e. The molecule has 1 aromatic carbocycles. The Morgan fingerprint density at radius 3 is 2.52 bits per heavy atom. The second-order valence-corrected chi connectivity index (χ2v) is 12.1. The van der Waals surface area contributed by atoms with Crippen molar-refractivity contribution in [1.82, 2.24) is 9.99 Å². The molecule has 14 heteroatoms. The first kappa shape index (κ1) is 30.1. The van der Waals surface area contributed by atoms with Gasteiger partial charge in [0.15, 0.2) is 28.9 Å². The predicted octanol–water partition coefficient (Wildman–Crippen LogP) is 5.28. The van der Waals surface area contributed by atoms with E-state index < -0.39 is 64.7 Å². The lowest BCUT2D eigenvalue weighted by molar-refractivity contribution is -0.141. The maximum Gasteiger partial charge on any atom is 0.433 e. The zero-order chi connectivity index (χ0) is 31.8.